The Hall–Kier alpha value is -2.77. The first-order valence-corrected chi connectivity index (χ1v) is 6.06. The standard InChI is InChI=1S/C13H16FN5O2/c1-3-16-13(21)19(18-15)8-12(20)17-7-10-5-4-9(2)11(14)6-10/h3-6,15H,1,7-8H2,2H3,(H,16,21)(H,17,20). The van der Waals surface area contributed by atoms with Gasteiger partial charge in [-0.15, -0.1) is 0 Å². The van der Waals surface area contributed by atoms with Crippen LogP contribution < -0.4 is 10.6 Å². The summed E-state index contributed by atoms with van der Waals surface area (Å²) in [6.45, 7) is 4.63. The summed E-state index contributed by atoms with van der Waals surface area (Å²) in [6, 6.07) is 3.89. The first-order chi connectivity index (χ1) is 9.97. The Morgan fingerprint density at radius 2 is 2.24 bits per heavy atom. The first kappa shape index (κ1) is 16.3. The van der Waals surface area contributed by atoms with Gasteiger partial charge in [0.2, 0.25) is 5.91 Å². The van der Waals surface area contributed by atoms with E-state index in [4.69, 9.17) is 5.53 Å². The van der Waals surface area contributed by atoms with Crippen LogP contribution in [0.1, 0.15) is 11.1 Å². The summed E-state index contributed by atoms with van der Waals surface area (Å²) in [5.41, 5.74) is 7.95. The number of aryl methyl sites for hydroxylation is 1. The molecule has 0 aliphatic heterocycles. The van der Waals surface area contributed by atoms with Gasteiger partial charge in [-0.1, -0.05) is 23.9 Å². The number of urea groups is 1. The quantitative estimate of drug-likeness (QED) is 0.551. The molecule has 21 heavy (non-hydrogen) atoms. The molecule has 0 heterocycles. The van der Waals surface area contributed by atoms with Crippen LogP contribution in [0.2, 0.25) is 0 Å². The third-order valence-corrected chi connectivity index (χ3v) is 2.60. The van der Waals surface area contributed by atoms with Gasteiger partial charge >= 0.3 is 6.03 Å². The smallest absolute Gasteiger partial charge is 0.343 e. The molecule has 7 nitrogen and oxygen atoms in total. The number of benzene rings is 1. The Balaban J connectivity index is 2.52. The summed E-state index contributed by atoms with van der Waals surface area (Å²) in [4.78, 5) is 23.0. The maximum Gasteiger partial charge on any atom is 0.343 e. The molecule has 3 N–H and O–H groups in total. The lowest BCUT2D eigenvalue weighted by Crippen LogP contribution is -2.40. The Kier molecular flexibility index (Phi) is 5.99. The normalized spacial score (nSPS) is 9.62. The van der Waals surface area contributed by atoms with Crippen LogP contribution in [-0.4, -0.2) is 23.5 Å². The van der Waals surface area contributed by atoms with E-state index in [2.05, 4.69) is 22.4 Å². The lowest BCUT2D eigenvalue weighted by molar-refractivity contribution is -0.122. The molecule has 1 rings (SSSR count). The molecule has 0 saturated heterocycles. The van der Waals surface area contributed by atoms with Gasteiger partial charge in [-0.3, -0.25) is 4.79 Å². The van der Waals surface area contributed by atoms with Crippen molar-refractivity contribution in [3.05, 3.63) is 47.9 Å². The van der Waals surface area contributed by atoms with Gasteiger partial charge in [-0.25, -0.2) is 9.18 Å². The highest BCUT2D eigenvalue weighted by molar-refractivity contribution is 5.84. The van der Waals surface area contributed by atoms with Crippen LogP contribution >= 0.6 is 0 Å². The summed E-state index contributed by atoms with van der Waals surface area (Å²) in [5.74, 6) is -0.874. The molecule has 0 unspecified atom stereocenters. The summed E-state index contributed by atoms with van der Waals surface area (Å²) in [7, 11) is 0. The molecule has 1 aromatic rings. The topological polar surface area (TPSA) is 97.7 Å². The average molecular weight is 293 g/mol. The van der Waals surface area contributed by atoms with Crippen molar-refractivity contribution in [2.75, 3.05) is 6.54 Å². The van der Waals surface area contributed by atoms with E-state index in [1.54, 1.807) is 19.1 Å². The van der Waals surface area contributed by atoms with Crippen LogP contribution in [0.3, 0.4) is 0 Å². The van der Waals surface area contributed by atoms with Gasteiger partial charge in [0.25, 0.3) is 0 Å². The first-order valence-electron chi connectivity index (χ1n) is 6.06. The van der Waals surface area contributed by atoms with Crippen molar-refractivity contribution in [3.63, 3.8) is 0 Å². The van der Waals surface area contributed by atoms with Crippen LogP contribution in [-0.2, 0) is 11.3 Å². The summed E-state index contributed by atoms with van der Waals surface area (Å²) in [6.07, 6.45) is 1.12. The van der Waals surface area contributed by atoms with E-state index in [9.17, 15) is 14.0 Å². The molecular formula is C13H16FN5O2. The van der Waals surface area contributed by atoms with Gasteiger partial charge in [0.15, 0.2) is 0 Å². The Labute approximate surface area is 121 Å². The zero-order chi connectivity index (χ0) is 15.8. The van der Waals surface area contributed by atoms with Gasteiger partial charge < -0.3 is 10.6 Å². The van der Waals surface area contributed by atoms with Crippen LogP contribution in [0.25, 0.3) is 0 Å². The molecule has 0 radical (unpaired) electrons. The molecule has 3 amide bonds. The zero-order valence-electron chi connectivity index (χ0n) is 11.5. The van der Waals surface area contributed by atoms with E-state index in [0.29, 0.717) is 16.1 Å². The number of hydrogen-bond acceptors (Lipinski definition) is 4. The second-order valence-electron chi connectivity index (χ2n) is 4.17. The fourth-order valence-corrected chi connectivity index (χ4v) is 1.45. The third-order valence-electron chi connectivity index (χ3n) is 2.60. The molecule has 1 aromatic carbocycles. The van der Waals surface area contributed by atoms with Gasteiger partial charge in [-0.2, -0.15) is 10.5 Å². The molecule has 0 aromatic heterocycles. The van der Waals surface area contributed by atoms with E-state index < -0.39 is 18.5 Å². The summed E-state index contributed by atoms with van der Waals surface area (Å²) in [5, 5.41) is 8.27. The summed E-state index contributed by atoms with van der Waals surface area (Å²) < 4.78 is 13.3. The lowest BCUT2D eigenvalue weighted by atomic mass is 10.1. The predicted molar refractivity (Wildman–Crippen MR) is 73.6 cm³/mol. The maximum atomic E-state index is 13.3. The SMILES string of the molecule is C=CNC(=O)N(CC(=O)NCc1ccc(C)c(F)c1)N=N. The van der Waals surface area contributed by atoms with Crippen LogP contribution in [0.4, 0.5) is 9.18 Å². The van der Waals surface area contributed by atoms with Crippen molar-refractivity contribution in [2.24, 2.45) is 5.22 Å². The minimum Gasteiger partial charge on any atom is -0.350 e. The largest absolute Gasteiger partial charge is 0.350 e. The van der Waals surface area contributed by atoms with Crippen LogP contribution in [0, 0.1) is 18.3 Å². The highest BCUT2D eigenvalue weighted by Crippen LogP contribution is 2.08. The Bertz CT molecular complexity index is 561. The summed E-state index contributed by atoms with van der Waals surface area (Å²) >= 11 is 0. The van der Waals surface area contributed by atoms with Crippen molar-refractivity contribution in [3.8, 4) is 0 Å². The molecule has 0 atom stereocenters. The van der Waals surface area contributed by atoms with Crippen LogP contribution in [0.15, 0.2) is 36.2 Å². The molecule has 0 bridgehead atoms. The van der Waals surface area contributed by atoms with E-state index in [1.807, 2.05) is 0 Å². The molecular weight excluding hydrogens is 277 g/mol. The average Bonchev–Trinajstić information content (AvgIpc) is 2.46. The molecule has 0 saturated carbocycles. The number of halogens is 1. The fourth-order valence-electron chi connectivity index (χ4n) is 1.45. The number of hydrogen-bond donors (Lipinski definition) is 3. The third kappa shape index (κ3) is 5.01. The van der Waals surface area contributed by atoms with Crippen molar-refractivity contribution in [1.82, 2.24) is 15.6 Å². The van der Waals surface area contributed by atoms with Crippen molar-refractivity contribution >= 4 is 11.9 Å². The number of carbonyl (C=O) groups excluding carboxylic acids is 2. The lowest BCUT2D eigenvalue weighted by Gasteiger charge is -2.14. The van der Waals surface area contributed by atoms with Crippen molar-refractivity contribution in [1.29, 1.82) is 5.53 Å². The maximum absolute atomic E-state index is 13.3. The van der Waals surface area contributed by atoms with E-state index in [1.165, 1.54) is 6.07 Å². The van der Waals surface area contributed by atoms with Gasteiger partial charge in [-0.05, 0) is 30.3 Å². The second-order valence-corrected chi connectivity index (χ2v) is 4.17. The van der Waals surface area contributed by atoms with Crippen molar-refractivity contribution < 1.29 is 14.0 Å². The number of nitrogens with one attached hydrogen (secondary N) is 3. The van der Waals surface area contributed by atoms with E-state index >= 15 is 0 Å². The minimum atomic E-state index is -0.739. The molecule has 0 aliphatic rings. The van der Waals surface area contributed by atoms with Gasteiger partial charge in [0, 0.05) is 6.54 Å². The number of amides is 3. The molecule has 0 spiro atoms. The Morgan fingerprint density at radius 3 is 2.81 bits per heavy atom. The fraction of sp³-hybridized carbons (Fsp3) is 0.231. The molecule has 112 valence electrons. The highest BCUT2D eigenvalue weighted by atomic mass is 19.1. The predicted octanol–water partition coefficient (Wildman–Crippen LogP) is 1.85. The molecule has 0 fully saturated rings. The zero-order valence-corrected chi connectivity index (χ0v) is 11.5. The van der Waals surface area contributed by atoms with Gasteiger partial charge in [0.1, 0.15) is 12.4 Å². The molecule has 0 aliphatic carbocycles. The Morgan fingerprint density at radius 1 is 1.52 bits per heavy atom. The number of carbonyl (C=O) groups is 2. The van der Waals surface area contributed by atoms with E-state index in [-0.39, 0.29) is 12.4 Å². The van der Waals surface area contributed by atoms with Crippen LogP contribution in [0.5, 0.6) is 0 Å². The second kappa shape index (κ2) is 7.73. The number of nitrogens with zero attached hydrogens (tertiary/aromatic N) is 2. The molecule has 8 heteroatoms. The van der Waals surface area contributed by atoms with E-state index in [0.717, 1.165) is 6.20 Å². The minimum absolute atomic E-state index is 0.116. The monoisotopic (exact) mass is 293 g/mol. The van der Waals surface area contributed by atoms with Crippen molar-refractivity contribution in [2.45, 2.75) is 13.5 Å². The number of rotatable bonds is 6. The highest BCUT2D eigenvalue weighted by Gasteiger charge is 2.15. The van der Waals surface area contributed by atoms with Gasteiger partial charge in [0.05, 0.1) is 0 Å².